The fourth-order valence-electron chi connectivity index (χ4n) is 3.09. The standard InChI is InChI=1S/C25H26N2O4S/c1-17(18-8-5-4-6-9-18)16-26-25(29)21(15-20-10-7-13-32-20)27-24(28)19-11-12-22(30-2)23(14-19)31-3/h4-15,17H,16H2,1-3H3,(H,26,29)(H,27,28)/b21-15-/t17-/m0/s1. The number of rotatable bonds is 9. The van der Waals surface area contributed by atoms with Gasteiger partial charge >= 0.3 is 0 Å². The predicted octanol–water partition coefficient (Wildman–Crippen LogP) is 4.46. The molecule has 0 aliphatic rings. The summed E-state index contributed by atoms with van der Waals surface area (Å²) in [7, 11) is 3.03. The van der Waals surface area contributed by atoms with Crippen molar-refractivity contribution in [3.05, 3.63) is 87.7 Å². The normalized spacial score (nSPS) is 12.0. The molecule has 32 heavy (non-hydrogen) atoms. The number of thiophene rings is 1. The van der Waals surface area contributed by atoms with Crippen LogP contribution in [0.2, 0.25) is 0 Å². The van der Waals surface area contributed by atoms with Crippen LogP contribution in [0.25, 0.3) is 6.08 Å². The lowest BCUT2D eigenvalue weighted by Gasteiger charge is -2.15. The minimum atomic E-state index is -0.417. The molecule has 2 aromatic carbocycles. The van der Waals surface area contributed by atoms with Gasteiger partial charge < -0.3 is 20.1 Å². The number of ether oxygens (including phenoxy) is 2. The van der Waals surface area contributed by atoms with Crippen LogP contribution in [0.4, 0.5) is 0 Å². The van der Waals surface area contributed by atoms with Crippen LogP contribution in [-0.4, -0.2) is 32.6 Å². The first kappa shape index (κ1) is 23.1. The van der Waals surface area contributed by atoms with Crippen LogP contribution in [0.5, 0.6) is 11.5 Å². The lowest BCUT2D eigenvalue weighted by atomic mass is 10.0. The first-order chi connectivity index (χ1) is 15.5. The summed E-state index contributed by atoms with van der Waals surface area (Å²) in [5.74, 6) is 0.316. The average molecular weight is 451 g/mol. The Labute approximate surface area is 191 Å². The van der Waals surface area contributed by atoms with E-state index in [9.17, 15) is 9.59 Å². The van der Waals surface area contributed by atoms with E-state index in [1.165, 1.54) is 25.6 Å². The topological polar surface area (TPSA) is 76.7 Å². The highest BCUT2D eigenvalue weighted by Gasteiger charge is 2.17. The first-order valence-corrected chi connectivity index (χ1v) is 11.0. The van der Waals surface area contributed by atoms with Gasteiger partial charge in [0.15, 0.2) is 11.5 Å². The molecule has 1 atom stereocenters. The second-order valence-electron chi connectivity index (χ2n) is 7.12. The van der Waals surface area contributed by atoms with E-state index in [1.807, 2.05) is 54.8 Å². The zero-order valence-corrected chi connectivity index (χ0v) is 19.1. The number of benzene rings is 2. The van der Waals surface area contributed by atoms with Gasteiger partial charge in [-0.1, -0.05) is 43.3 Å². The van der Waals surface area contributed by atoms with Crippen LogP contribution in [0.15, 0.2) is 71.7 Å². The van der Waals surface area contributed by atoms with Gasteiger partial charge in [-0.3, -0.25) is 9.59 Å². The van der Waals surface area contributed by atoms with E-state index in [2.05, 4.69) is 10.6 Å². The molecule has 6 nitrogen and oxygen atoms in total. The molecule has 0 unspecified atom stereocenters. The Morgan fingerprint density at radius 1 is 1.00 bits per heavy atom. The summed E-state index contributed by atoms with van der Waals surface area (Å²) in [5.41, 5.74) is 1.66. The van der Waals surface area contributed by atoms with Gasteiger partial charge in [0, 0.05) is 17.0 Å². The second-order valence-corrected chi connectivity index (χ2v) is 8.10. The molecule has 0 aliphatic carbocycles. The molecule has 0 saturated heterocycles. The van der Waals surface area contributed by atoms with E-state index in [1.54, 1.807) is 24.3 Å². The zero-order valence-electron chi connectivity index (χ0n) is 18.3. The Kier molecular flexibility index (Phi) is 8.05. The highest BCUT2D eigenvalue weighted by Crippen LogP contribution is 2.27. The molecule has 0 fully saturated rings. The number of hydrogen-bond donors (Lipinski definition) is 2. The molecule has 0 bridgehead atoms. The lowest BCUT2D eigenvalue weighted by Crippen LogP contribution is -2.36. The van der Waals surface area contributed by atoms with Crippen molar-refractivity contribution in [3.63, 3.8) is 0 Å². The third-order valence-electron chi connectivity index (χ3n) is 4.91. The van der Waals surface area contributed by atoms with Gasteiger partial charge in [-0.05, 0) is 47.2 Å². The molecule has 3 rings (SSSR count). The fourth-order valence-corrected chi connectivity index (χ4v) is 3.74. The smallest absolute Gasteiger partial charge is 0.267 e. The molecule has 1 aromatic heterocycles. The SMILES string of the molecule is COc1ccc(C(=O)N/C(=C\c2cccs2)C(=O)NC[C@H](C)c2ccccc2)cc1OC. The van der Waals surface area contributed by atoms with Gasteiger partial charge in [-0.15, -0.1) is 11.3 Å². The first-order valence-electron chi connectivity index (χ1n) is 10.1. The summed E-state index contributed by atoms with van der Waals surface area (Å²) in [4.78, 5) is 26.7. The van der Waals surface area contributed by atoms with Crippen LogP contribution >= 0.6 is 11.3 Å². The van der Waals surface area contributed by atoms with Gasteiger partial charge in [0.2, 0.25) is 0 Å². The summed E-state index contributed by atoms with van der Waals surface area (Å²) in [6, 6.07) is 18.6. The molecule has 0 spiro atoms. The van der Waals surface area contributed by atoms with Crippen molar-refractivity contribution in [1.29, 1.82) is 0 Å². The van der Waals surface area contributed by atoms with Crippen LogP contribution in [-0.2, 0) is 4.79 Å². The van der Waals surface area contributed by atoms with Crippen molar-refractivity contribution >= 4 is 29.2 Å². The van der Waals surface area contributed by atoms with E-state index in [-0.39, 0.29) is 17.5 Å². The molecule has 2 N–H and O–H groups in total. The van der Waals surface area contributed by atoms with Crippen LogP contribution in [0.1, 0.15) is 33.6 Å². The summed E-state index contributed by atoms with van der Waals surface area (Å²) in [6.07, 6.45) is 1.67. The minimum absolute atomic E-state index is 0.129. The van der Waals surface area contributed by atoms with Crippen molar-refractivity contribution < 1.29 is 19.1 Å². The number of amides is 2. The molecule has 166 valence electrons. The third kappa shape index (κ3) is 5.98. The monoisotopic (exact) mass is 450 g/mol. The van der Waals surface area contributed by atoms with E-state index < -0.39 is 5.91 Å². The molecular formula is C25H26N2O4S. The Bertz CT molecular complexity index is 1080. The number of hydrogen-bond acceptors (Lipinski definition) is 5. The summed E-state index contributed by atoms with van der Waals surface area (Å²) in [6.45, 7) is 2.48. The van der Waals surface area contributed by atoms with Crippen molar-refractivity contribution in [2.45, 2.75) is 12.8 Å². The molecule has 1 heterocycles. The minimum Gasteiger partial charge on any atom is -0.493 e. The van der Waals surface area contributed by atoms with Crippen LogP contribution < -0.4 is 20.1 Å². The number of carbonyl (C=O) groups excluding carboxylic acids is 2. The maximum atomic E-state index is 13.0. The van der Waals surface area contributed by atoms with Crippen molar-refractivity contribution in [1.82, 2.24) is 10.6 Å². The van der Waals surface area contributed by atoms with Gasteiger partial charge in [-0.25, -0.2) is 0 Å². The molecular weight excluding hydrogens is 424 g/mol. The fraction of sp³-hybridized carbons (Fsp3) is 0.200. The maximum Gasteiger partial charge on any atom is 0.267 e. The van der Waals surface area contributed by atoms with Gasteiger partial charge in [0.25, 0.3) is 11.8 Å². The molecule has 0 radical (unpaired) electrons. The molecule has 2 amide bonds. The molecule has 7 heteroatoms. The van der Waals surface area contributed by atoms with Gasteiger partial charge in [0.05, 0.1) is 14.2 Å². The lowest BCUT2D eigenvalue weighted by molar-refractivity contribution is -0.117. The summed E-state index contributed by atoms with van der Waals surface area (Å²) >= 11 is 1.48. The van der Waals surface area contributed by atoms with Gasteiger partial charge in [-0.2, -0.15) is 0 Å². The second kappa shape index (κ2) is 11.2. The molecule has 0 aliphatic heterocycles. The highest BCUT2D eigenvalue weighted by molar-refractivity contribution is 7.10. The zero-order chi connectivity index (χ0) is 22.9. The van der Waals surface area contributed by atoms with Crippen molar-refractivity contribution in [2.75, 3.05) is 20.8 Å². The van der Waals surface area contributed by atoms with E-state index in [0.29, 0.717) is 23.6 Å². The quantitative estimate of drug-likeness (QED) is 0.472. The third-order valence-corrected chi connectivity index (χ3v) is 5.73. The van der Waals surface area contributed by atoms with Gasteiger partial charge in [0.1, 0.15) is 5.70 Å². The highest BCUT2D eigenvalue weighted by atomic mass is 32.1. The van der Waals surface area contributed by atoms with Crippen molar-refractivity contribution in [2.24, 2.45) is 0 Å². The Balaban J connectivity index is 1.76. The number of carbonyl (C=O) groups is 2. The Morgan fingerprint density at radius 2 is 1.75 bits per heavy atom. The largest absolute Gasteiger partial charge is 0.493 e. The van der Waals surface area contributed by atoms with Crippen LogP contribution in [0, 0.1) is 0 Å². The average Bonchev–Trinajstić information content (AvgIpc) is 3.35. The summed E-state index contributed by atoms with van der Waals surface area (Å²) < 4.78 is 10.5. The van der Waals surface area contributed by atoms with E-state index in [4.69, 9.17) is 9.47 Å². The molecule has 3 aromatic rings. The van der Waals surface area contributed by atoms with E-state index >= 15 is 0 Å². The number of nitrogens with one attached hydrogen (secondary N) is 2. The van der Waals surface area contributed by atoms with Crippen LogP contribution in [0.3, 0.4) is 0 Å². The summed E-state index contributed by atoms with van der Waals surface area (Å²) in [5, 5.41) is 7.58. The number of methoxy groups -OCH3 is 2. The maximum absolute atomic E-state index is 13.0. The van der Waals surface area contributed by atoms with E-state index in [0.717, 1.165) is 10.4 Å². The van der Waals surface area contributed by atoms with Crippen molar-refractivity contribution in [3.8, 4) is 11.5 Å². The molecule has 0 saturated carbocycles. The Hall–Kier alpha value is -3.58. The predicted molar refractivity (Wildman–Crippen MR) is 127 cm³/mol. The Morgan fingerprint density at radius 3 is 2.41 bits per heavy atom.